The van der Waals surface area contributed by atoms with Gasteiger partial charge in [0.15, 0.2) is 6.10 Å². The maximum Gasteiger partial charge on any atom is 0.334 e. The van der Waals surface area contributed by atoms with Gasteiger partial charge in [-0.25, -0.2) is 14.6 Å². The quantitative estimate of drug-likeness (QED) is 0.838. The molecule has 2 unspecified atom stereocenters. The average molecular weight is 283 g/mol. The van der Waals surface area contributed by atoms with E-state index in [2.05, 4.69) is 10.3 Å². The Morgan fingerprint density at radius 1 is 1.60 bits per heavy atom. The fourth-order valence-electron chi connectivity index (χ4n) is 1.89. The Bertz CT molecular complexity index is 501. The summed E-state index contributed by atoms with van der Waals surface area (Å²) in [6.45, 7) is 4.10. The summed E-state index contributed by atoms with van der Waals surface area (Å²) in [6.07, 6.45) is 0.599. The molecule has 110 valence electrons. The van der Waals surface area contributed by atoms with E-state index in [0.717, 1.165) is 0 Å². The summed E-state index contributed by atoms with van der Waals surface area (Å²) < 4.78 is 10.4. The molecule has 0 aromatic carbocycles. The van der Waals surface area contributed by atoms with Gasteiger partial charge in [-0.05, 0) is 13.8 Å². The molecule has 1 aromatic heterocycles. The maximum atomic E-state index is 12.1. The number of carbonyl (C=O) groups is 2. The van der Waals surface area contributed by atoms with Crippen LogP contribution in [0.3, 0.4) is 0 Å². The second kappa shape index (κ2) is 5.91. The number of carboxylic acids is 1. The lowest BCUT2D eigenvalue weighted by Gasteiger charge is -2.31. The van der Waals surface area contributed by atoms with Crippen molar-refractivity contribution in [3.05, 3.63) is 17.8 Å². The monoisotopic (exact) mass is 283 g/mol. The van der Waals surface area contributed by atoms with Crippen LogP contribution in [0.15, 0.2) is 10.6 Å². The van der Waals surface area contributed by atoms with E-state index >= 15 is 0 Å². The van der Waals surface area contributed by atoms with E-state index in [1.54, 1.807) is 20.0 Å². The lowest BCUT2D eigenvalue weighted by atomic mass is 10.3. The lowest BCUT2D eigenvalue weighted by molar-refractivity contribution is -0.154. The van der Waals surface area contributed by atoms with Crippen LogP contribution < -0.4 is 5.32 Å². The van der Waals surface area contributed by atoms with E-state index in [1.165, 1.54) is 4.90 Å². The summed E-state index contributed by atoms with van der Waals surface area (Å²) in [5.41, 5.74) is 0. The van der Waals surface area contributed by atoms with Crippen LogP contribution in [0.1, 0.15) is 24.6 Å². The predicted molar refractivity (Wildman–Crippen MR) is 67.1 cm³/mol. The van der Waals surface area contributed by atoms with E-state index in [9.17, 15) is 9.59 Å². The third-order valence-electron chi connectivity index (χ3n) is 2.98. The van der Waals surface area contributed by atoms with Crippen LogP contribution in [0.4, 0.5) is 4.79 Å². The van der Waals surface area contributed by atoms with Crippen LogP contribution in [0.25, 0.3) is 0 Å². The van der Waals surface area contributed by atoms with Crippen molar-refractivity contribution < 1.29 is 23.8 Å². The number of morpholine rings is 1. The molecule has 0 saturated carbocycles. The number of urea groups is 1. The Balaban J connectivity index is 1.92. The largest absolute Gasteiger partial charge is 0.479 e. The van der Waals surface area contributed by atoms with Gasteiger partial charge in [0.25, 0.3) is 0 Å². The number of carboxylic acid groups (broad SMARTS) is 1. The fourth-order valence-corrected chi connectivity index (χ4v) is 1.89. The minimum atomic E-state index is -1.07. The SMILES string of the molecule is Cc1cnc(C(C)NC(=O)N2CCOC(C(=O)O)C2)o1. The molecule has 2 N–H and O–H groups in total. The van der Waals surface area contributed by atoms with Gasteiger partial charge in [0, 0.05) is 6.54 Å². The van der Waals surface area contributed by atoms with E-state index in [4.69, 9.17) is 14.3 Å². The molecular formula is C12H17N3O5. The van der Waals surface area contributed by atoms with Crippen LogP contribution in [-0.2, 0) is 9.53 Å². The third kappa shape index (κ3) is 3.27. The van der Waals surface area contributed by atoms with Gasteiger partial charge in [-0.15, -0.1) is 0 Å². The second-order valence-corrected chi connectivity index (χ2v) is 4.62. The molecule has 1 aromatic rings. The molecule has 1 aliphatic heterocycles. The third-order valence-corrected chi connectivity index (χ3v) is 2.98. The molecule has 20 heavy (non-hydrogen) atoms. The van der Waals surface area contributed by atoms with E-state index in [1.807, 2.05) is 0 Å². The van der Waals surface area contributed by atoms with Gasteiger partial charge in [-0.3, -0.25) is 0 Å². The first-order valence-corrected chi connectivity index (χ1v) is 6.29. The zero-order chi connectivity index (χ0) is 14.7. The van der Waals surface area contributed by atoms with Crippen molar-refractivity contribution in [2.75, 3.05) is 19.7 Å². The first-order valence-electron chi connectivity index (χ1n) is 6.29. The molecule has 2 amide bonds. The number of aryl methyl sites for hydroxylation is 1. The van der Waals surface area contributed by atoms with Crippen LogP contribution in [0, 0.1) is 6.92 Å². The van der Waals surface area contributed by atoms with Gasteiger partial charge in [-0.1, -0.05) is 0 Å². The molecule has 1 fully saturated rings. The highest BCUT2D eigenvalue weighted by Gasteiger charge is 2.29. The molecule has 0 spiro atoms. The highest BCUT2D eigenvalue weighted by molar-refractivity contribution is 5.77. The summed E-state index contributed by atoms with van der Waals surface area (Å²) in [6, 6.07) is -0.745. The lowest BCUT2D eigenvalue weighted by Crippen LogP contribution is -2.52. The molecular weight excluding hydrogens is 266 g/mol. The van der Waals surface area contributed by atoms with Crippen LogP contribution in [-0.4, -0.2) is 52.8 Å². The number of oxazole rings is 1. The molecule has 0 aliphatic carbocycles. The summed E-state index contributed by atoms with van der Waals surface area (Å²) in [4.78, 5) is 28.4. The van der Waals surface area contributed by atoms with E-state index < -0.39 is 12.1 Å². The van der Waals surface area contributed by atoms with Crippen LogP contribution in [0.5, 0.6) is 0 Å². The zero-order valence-corrected chi connectivity index (χ0v) is 11.3. The number of aromatic nitrogens is 1. The Hall–Kier alpha value is -2.09. The predicted octanol–water partition coefficient (Wildman–Crippen LogP) is 0.539. The van der Waals surface area contributed by atoms with Crippen molar-refractivity contribution in [1.82, 2.24) is 15.2 Å². The van der Waals surface area contributed by atoms with E-state index in [-0.39, 0.29) is 25.2 Å². The number of carbonyl (C=O) groups excluding carboxylic acids is 1. The topological polar surface area (TPSA) is 105 Å². The minimum Gasteiger partial charge on any atom is -0.479 e. The number of amides is 2. The molecule has 8 nitrogen and oxygen atoms in total. The second-order valence-electron chi connectivity index (χ2n) is 4.62. The molecule has 1 aliphatic rings. The van der Waals surface area contributed by atoms with Crippen molar-refractivity contribution in [3.8, 4) is 0 Å². The average Bonchev–Trinajstić information content (AvgIpc) is 2.85. The number of nitrogens with zero attached hydrogens (tertiary/aromatic N) is 2. The normalized spacial score (nSPS) is 20.5. The number of aliphatic carboxylic acids is 1. The van der Waals surface area contributed by atoms with Gasteiger partial charge < -0.3 is 24.5 Å². The first-order chi connectivity index (χ1) is 9.47. The number of rotatable bonds is 3. The van der Waals surface area contributed by atoms with Crippen molar-refractivity contribution in [2.24, 2.45) is 0 Å². The van der Waals surface area contributed by atoms with Crippen molar-refractivity contribution >= 4 is 12.0 Å². The highest BCUT2D eigenvalue weighted by atomic mass is 16.5. The Morgan fingerprint density at radius 2 is 2.35 bits per heavy atom. The van der Waals surface area contributed by atoms with Gasteiger partial charge in [-0.2, -0.15) is 0 Å². The Morgan fingerprint density at radius 3 is 2.95 bits per heavy atom. The summed E-state index contributed by atoms with van der Waals surface area (Å²) in [5, 5.41) is 11.6. The van der Waals surface area contributed by atoms with Gasteiger partial charge in [0.2, 0.25) is 5.89 Å². The molecule has 2 heterocycles. The summed E-state index contributed by atoms with van der Waals surface area (Å²) in [7, 11) is 0. The fraction of sp³-hybridized carbons (Fsp3) is 0.583. The molecule has 1 saturated heterocycles. The minimum absolute atomic E-state index is 0.0263. The molecule has 8 heteroatoms. The van der Waals surface area contributed by atoms with E-state index in [0.29, 0.717) is 18.2 Å². The van der Waals surface area contributed by atoms with Crippen LogP contribution >= 0.6 is 0 Å². The van der Waals surface area contributed by atoms with Crippen molar-refractivity contribution in [2.45, 2.75) is 26.0 Å². The standard InChI is InChI=1S/C12H17N3O5/c1-7-5-13-10(20-7)8(2)14-12(18)15-3-4-19-9(6-15)11(16)17/h5,8-9H,3-4,6H2,1-2H3,(H,14,18)(H,16,17). The molecule has 2 rings (SSSR count). The smallest absolute Gasteiger partial charge is 0.334 e. The van der Waals surface area contributed by atoms with Crippen molar-refractivity contribution in [3.63, 3.8) is 0 Å². The molecule has 0 radical (unpaired) electrons. The first kappa shape index (κ1) is 14.3. The summed E-state index contributed by atoms with van der Waals surface area (Å²) in [5.74, 6) is 0.0104. The number of ether oxygens (including phenoxy) is 1. The van der Waals surface area contributed by atoms with Crippen molar-refractivity contribution in [1.29, 1.82) is 0 Å². The Kier molecular flexibility index (Phi) is 4.23. The van der Waals surface area contributed by atoms with Crippen LogP contribution in [0.2, 0.25) is 0 Å². The number of hydrogen-bond acceptors (Lipinski definition) is 5. The zero-order valence-electron chi connectivity index (χ0n) is 11.3. The maximum absolute atomic E-state index is 12.1. The molecule has 0 bridgehead atoms. The van der Waals surface area contributed by atoms with Gasteiger partial charge in [0.1, 0.15) is 11.8 Å². The number of nitrogens with one attached hydrogen (secondary N) is 1. The number of hydrogen-bond donors (Lipinski definition) is 2. The molecule has 2 atom stereocenters. The summed E-state index contributed by atoms with van der Waals surface area (Å²) >= 11 is 0. The van der Waals surface area contributed by atoms with Gasteiger partial charge in [0.05, 0.1) is 19.3 Å². The van der Waals surface area contributed by atoms with Gasteiger partial charge >= 0.3 is 12.0 Å². The Labute approximate surface area is 115 Å². The highest BCUT2D eigenvalue weighted by Crippen LogP contribution is 2.13.